The maximum Gasteiger partial charge on any atom is 0.274 e. The molecule has 0 radical (unpaired) electrons. The van der Waals surface area contributed by atoms with E-state index in [9.17, 15) is 13.2 Å². The molecular formula is C15H22N4O4S. The number of morpholine rings is 1. The van der Waals surface area contributed by atoms with Gasteiger partial charge < -0.3 is 14.5 Å². The molecule has 9 heteroatoms. The topological polar surface area (TPSA) is 92.7 Å². The number of carbonyl (C=O) groups is 1. The Hall–Kier alpha value is -1.74. The molecule has 132 valence electrons. The van der Waals surface area contributed by atoms with Crippen molar-refractivity contribution >= 4 is 21.6 Å². The molecule has 2 saturated heterocycles. The summed E-state index contributed by atoms with van der Waals surface area (Å²) < 4.78 is 28.6. The number of aromatic nitrogens is 2. The average molecular weight is 354 g/mol. The molecule has 0 bridgehead atoms. The second-order valence-corrected chi connectivity index (χ2v) is 8.24. The first kappa shape index (κ1) is 17.1. The molecule has 1 atom stereocenters. The smallest absolute Gasteiger partial charge is 0.274 e. The van der Waals surface area contributed by atoms with Gasteiger partial charge in [0.25, 0.3) is 5.91 Å². The maximum atomic E-state index is 12.7. The fraction of sp³-hybridized carbons (Fsp3) is 0.667. The monoisotopic (exact) mass is 354 g/mol. The summed E-state index contributed by atoms with van der Waals surface area (Å²) in [5, 5.41) is 0. The van der Waals surface area contributed by atoms with Gasteiger partial charge in [-0.05, 0) is 13.3 Å². The summed E-state index contributed by atoms with van der Waals surface area (Å²) in [5.74, 6) is 0.636. The number of hydrogen-bond acceptors (Lipinski definition) is 7. The van der Waals surface area contributed by atoms with Gasteiger partial charge in [-0.15, -0.1) is 0 Å². The highest BCUT2D eigenvalue weighted by molar-refractivity contribution is 7.91. The third-order valence-electron chi connectivity index (χ3n) is 4.44. The molecule has 24 heavy (non-hydrogen) atoms. The van der Waals surface area contributed by atoms with Crippen molar-refractivity contribution in [3.63, 3.8) is 0 Å². The van der Waals surface area contributed by atoms with E-state index in [1.807, 2.05) is 6.92 Å². The Labute approximate surface area is 141 Å². The third-order valence-corrected chi connectivity index (χ3v) is 6.19. The van der Waals surface area contributed by atoms with Crippen LogP contribution in [0.3, 0.4) is 0 Å². The lowest BCUT2D eigenvalue weighted by atomic mass is 10.2. The molecule has 3 heterocycles. The van der Waals surface area contributed by atoms with Crippen molar-refractivity contribution in [3.05, 3.63) is 18.1 Å². The van der Waals surface area contributed by atoms with Gasteiger partial charge in [0.15, 0.2) is 9.84 Å². The van der Waals surface area contributed by atoms with E-state index in [4.69, 9.17) is 4.74 Å². The van der Waals surface area contributed by atoms with Gasteiger partial charge in [-0.1, -0.05) is 0 Å². The van der Waals surface area contributed by atoms with Crippen LogP contribution in [0.4, 0.5) is 5.82 Å². The van der Waals surface area contributed by atoms with E-state index >= 15 is 0 Å². The minimum atomic E-state index is -3.04. The number of carbonyl (C=O) groups excluding carboxylic acids is 1. The molecule has 1 aromatic heterocycles. The number of anilines is 1. The number of hydrogen-bond donors (Lipinski definition) is 0. The third kappa shape index (κ3) is 3.67. The molecule has 2 aliphatic rings. The molecular weight excluding hydrogens is 332 g/mol. The standard InChI is InChI=1S/C15H22N4O4S/c1-2-19(12-3-8-24(21,22)11-12)15(20)13-9-17-14(10-16-13)18-4-6-23-7-5-18/h9-10,12H,2-8,11H2,1H3. The van der Waals surface area contributed by atoms with E-state index in [2.05, 4.69) is 14.9 Å². The second-order valence-electron chi connectivity index (χ2n) is 6.01. The molecule has 1 unspecified atom stereocenters. The second kappa shape index (κ2) is 7.02. The Morgan fingerprint density at radius 2 is 2.08 bits per heavy atom. The summed E-state index contributed by atoms with van der Waals surface area (Å²) in [5.41, 5.74) is 0.248. The number of ether oxygens (including phenoxy) is 1. The summed E-state index contributed by atoms with van der Waals surface area (Å²) in [6.07, 6.45) is 3.55. The summed E-state index contributed by atoms with van der Waals surface area (Å²) >= 11 is 0. The summed E-state index contributed by atoms with van der Waals surface area (Å²) in [4.78, 5) is 24.9. The Kier molecular flexibility index (Phi) is 5.00. The molecule has 0 N–H and O–H groups in total. The largest absolute Gasteiger partial charge is 0.378 e. The zero-order valence-electron chi connectivity index (χ0n) is 13.7. The number of amides is 1. The van der Waals surface area contributed by atoms with Gasteiger partial charge in [0, 0.05) is 25.7 Å². The zero-order chi connectivity index (χ0) is 17.2. The first-order valence-electron chi connectivity index (χ1n) is 8.16. The minimum absolute atomic E-state index is 0.0336. The van der Waals surface area contributed by atoms with Crippen molar-refractivity contribution in [2.45, 2.75) is 19.4 Å². The van der Waals surface area contributed by atoms with E-state index in [0.29, 0.717) is 26.2 Å². The van der Waals surface area contributed by atoms with Crippen molar-refractivity contribution in [3.8, 4) is 0 Å². The molecule has 0 aliphatic carbocycles. The highest BCUT2D eigenvalue weighted by Crippen LogP contribution is 2.20. The molecule has 0 spiro atoms. The zero-order valence-corrected chi connectivity index (χ0v) is 14.5. The van der Waals surface area contributed by atoms with Crippen LogP contribution in [-0.2, 0) is 14.6 Å². The van der Waals surface area contributed by atoms with Crippen LogP contribution in [-0.4, -0.2) is 79.6 Å². The molecule has 0 saturated carbocycles. The van der Waals surface area contributed by atoms with Crippen molar-refractivity contribution < 1.29 is 17.9 Å². The van der Waals surface area contributed by atoms with Crippen LogP contribution in [0, 0.1) is 0 Å². The van der Waals surface area contributed by atoms with E-state index in [-0.39, 0.29) is 29.1 Å². The van der Waals surface area contributed by atoms with Crippen LogP contribution in [0.5, 0.6) is 0 Å². The highest BCUT2D eigenvalue weighted by atomic mass is 32.2. The van der Waals surface area contributed by atoms with E-state index in [0.717, 1.165) is 18.9 Å². The molecule has 3 rings (SSSR count). The minimum Gasteiger partial charge on any atom is -0.378 e. The highest BCUT2D eigenvalue weighted by Gasteiger charge is 2.34. The normalized spacial score (nSPS) is 23.2. The van der Waals surface area contributed by atoms with Gasteiger partial charge in [-0.25, -0.2) is 18.4 Å². The van der Waals surface area contributed by atoms with Gasteiger partial charge in [0.2, 0.25) is 0 Å². The molecule has 2 fully saturated rings. The van der Waals surface area contributed by atoms with Crippen molar-refractivity contribution in [1.82, 2.24) is 14.9 Å². The van der Waals surface area contributed by atoms with Crippen LogP contribution in [0.25, 0.3) is 0 Å². The van der Waals surface area contributed by atoms with Crippen molar-refractivity contribution in [2.24, 2.45) is 0 Å². The SMILES string of the molecule is CCN(C(=O)c1cnc(N2CCOCC2)cn1)C1CCS(=O)(=O)C1. The molecule has 1 aromatic rings. The predicted octanol–water partition coefficient (Wildman–Crippen LogP) is -0.0376. The fourth-order valence-electron chi connectivity index (χ4n) is 3.12. The predicted molar refractivity (Wildman–Crippen MR) is 88.8 cm³/mol. The number of nitrogens with zero attached hydrogens (tertiary/aromatic N) is 4. The van der Waals surface area contributed by atoms with E-state index in [1.165, 1.54) is 6.20 Å². The van der Waals surface area contributed by atoms with Gasteiger partial charge >= 0.3 is 0 Å². The van der Waals surface area contributed by atoms with Gasteiger partial charge in [0.1, 0.15) is 11.5 Å². The average Bonchev–Trinajstić information content (AvgIpc) is 2.96. The van der Waals surface area contributed by atoms with Crippen molar-refractivity contribution in [1.29, 1.82) is 0 Å². The Bertz CT molecular complexity index is 686. The van der Waals surface area contributed by atoms with E-state index in [1.54, 1.807) is 11.1 Å². The van der Waals surface area contributed by atoms with E-state index < -0.39 is 9.84 Å². The van der Waals surface area contributed by atoms with Gasteiger partial charge in [0.05, 0.1) is 37.1 Å². The first-order valence-corrected chi connectivity index (χ1v) is 9.98. The lowest BCUT2D eigenvalue weighted by Crippen LogP contribution is -2.41. The van der Waals surface area contributed by atoms with Crippen LogP contribution in [0.2, 0.25) is 0 Å². The van der Waals surface area contributed by atoms with Gasteiger partial charge in [-0.2, -0.15) is 0 Å². The van der Waals surface area contributed by atoms with Crippen molar-refractivity contribution in [2.75, 3.05) is 49.3 Å². The van der Waals surface area contributed by atoms with Gasteiger partial charge in [-0.3, -0.25) is 4.79 Å². The molecule has 0 aromatic carbocycles. The quantitative estimate of drug-likeness (QED) is 0.749. The maximum absolute atomic E-state index is 12.7. The first-order chi connectivity index (χ1) is 11.5. The number of rotatable bonds is 4. The lowest BCUT2D eigenvalue weighted by molar-refractivity contribution is 0.0702. The summed E-state index contributed by atoms with van der Waals surface area (Å²) in [6.45, 7) is 5.11. The molecule has 1 amide bonds. The molecule has 2 aliphatic heterocycles. The Morgan fingerprint density at radius 3 is 2.62 bits per heavy atom. The fourth-order valence-corrected chi connectivity index (χ4v) is 4.85. The summed E-state index contributed by atoms with van der Waals surface area (Å²) in [7, 11) is -3.04. The van der Waals surface area contributed by atoms with Crippen LogP contribution < -0.4 is 4.90 Å². The van der Waals surface area contributed by atoms with Crippen LogP contribution >= 0.6 is 0 Å². The Morgan fingerprint density at radius 1 is 1.33 bits per heavy atom. The van der Waals surface area contributed by atoms with Crippen LogP contribution in [0.1, 0.15) is 23.8 Å². The number of sulfone groups is 1. The lowest BCUT2D eigenvalue weighted by Gasteiger charge is -2.28. The summed E-state index contributed by atoms with van der Waals surface area (Å²) in [6, 6.07) is -0.270. The molecule has 8 nitrogen and oxygen atoms in total. The van der Waals surface area contributed by atoms with Crippen LogP contribution in [0.15, 0.2) is 12.4 Å². The Balaban J connectivity index is 1.71.